The molecule has 230 valence electrons. The molecule has 6 rings (SSSR count). The van der Waals surface area contributed by atoms with E-state index in [1.54, 1.807) is 0 Å². The molecule has 1 aliphatic heterocycles. The van der Waals surface area contributed by atoms with E-state index < -0.39 is 11.7 Å². The molecule has 4 nitrogen and oxygen atoms in total. The average molecular weight is 583 g/mol. The number of rotatable bonds is 9. The van der Waals surface area contributed by atoms with E-state index in [9.17, 15) is 0 Å². The van der Waals surface area contributed by atoms with Gasteiger partial charge in [0, 0.05) is 11.5 Å². The summed E-state index contributed by atoms with van der Waals surface area (Å²) in [5, 5.41) is 0. The first kappa shape index (κ1) is 30.2. The number of unbranched alkanes of at least 4 members (excludes halogenated alkanes) is 2. The van der Waals surface area contributed by atoms with Gasteiger partial charge >= 0.3 is 0 Å². The summed E-state index contributed by atoms with van der Waals surface area (Å²) in [6.07, 6.45) is 11.1. The standard InChI is InChI=1S/C39H50O4/c1-6-7-8-13-27-18-22-30(23-19-27)43-40-26-39(5,38(2,3)4)37-41-33-24-20-28-14-9-11-16-31(28)35(33)36-32-17-12-10-15-29(32)21-25-34(36)42-37/h9,11,14,16,18-19,21-23,25,33,35,37H,6-8,10,12-13,15,17,20,24,26H2,1-5H3/t33-,35+,37?,39+/m1/s1. The number of aryl methyl sites for hydroxylation is 3. The SMILES string of the molecule is CCCCCc1ccc(OOC[C@@](C)(C2Oc3ccc4c(c3[C@H]3c5ccccc5CC[C@H]3O2)CCCC4)C(C)(C)C)cc1. The maximum Gasteiger partial charge on any atom is 0.208 e. The Hall–Kier alpha value is -2.82. The summed E-state index contributed by atoms with van der Waals surface area (Å²) in [5.41, 5.74) is 7.84. The van der Waals surface area contributed by atoms with E-state index in [2.05, 4.69) is 83.1 Å². The van der Waals surface area contributed by atoms with Crippen molar-refractivity contribution < 1.29 is 19.2 Å². The van der Waals surface area contributed by atoms with Crippen LogP contribution in [0.1, 0.15) is 112 Å². The van der Waals surface area contributed by atoms with E-state index in [4.69, 9.17) is 19.2 Å². The number of fused-ring (bicyclic) bond motifs is 7. The number of benzene rings is 3. The minimum Gasteiger partial charge on any atom is -0.464 e. The smallest absolute Gasteiger partial charge is 0.208 e. The monoisotopic (exact) mass is 582 g/mol. The van der Waals surface area contributed by atoms with Gasteiger partial charge < -0.3 is 14.4 Å². The predicted octanol–water partition coefficient (Wildman–Crippen LogP) is 9.54. The second kappa shape index (κ2) is 12.7. The van der Waals surface area contributed by atoms with Crippen LogP contribution < -0.4 is 9.62 Å². The van der Waals surface area contributed by atoms with Crippen LogP contribution in [0.5, 0.6) is 11.5 Å². The highest BCUT2D eigenvalue weighted by Crippen LogP contribution is 2.52. The van der Waals surface area contributed by atoms with Gasteiger partial charge in [-0.2, -0.15) is 4.89 Å². The van der Waals surface area contributed by atoms with Crippen molar-refractivity contribution >= 4 is 0 Å². The van der Waals surface area contributed by atoms with Crippen molar-refractivity contribution in [1.82, 2.24) is 0 Å². The summed E-state index contributed by atoms with van der Waals surface area (Å²) in [6, 6.07) is 21.8. The normalized spacial score (nSPS) is 22.6. The molecule has 1 heterocycles. The van der Waals surface area contributed by atoms with Gasteiger partial charge in [-0.3, -0.25) is 0 Å². The molecule has 0 spiro atoms. The second-order valence-electron chi connectivity index (χ2n) is 14.3. The van der Waals surface area contributed by atoms with Crippen LogP contribution in [0.15, 0.2) is 60.7 Å². The van der Waals surface area contributed by atoms with Crippen LogP contribution in [-0.2, 0) is 35.3 Å². The molecule has 0 saturated carbocycles. The minimum atomic E-state index is -0.494. The van der Waals surface area contributed by atoms with Gasteiger partial charge in [-0.05, 0) is 103 Å². The van der Waals surface area contributed by atoms with E-state index >= 15 is 0 Å². The van der Waals surface area contributed by atoms with Crippen molar-refractivity contribution in [3.63, 3.8) is 0 Å². The van der Waals surface area contributed by atoms with Crippen LogP contribution in [0.3, 0.4) is 0 Å². The fourth-order valence-corrected chi connectivity index (χ4v) is 7.23. The topological polar surface area (TPSA) is 36.9 Å². The molecule has 0 bridgehead atoms. The zero-order chi connectivity index (χ0) is 30.0. The molecular formula is C39H50O4. The zero-order valence-corrected chi connectivity index (χ0v) is 26.9. The first-order chi connectivity index (χ1) is 20.8. The summed E-state index contributed by atoms with van der Waals surface area (Å²) in [6.45, 7) is 11.6. The highest BCUT2D eigenvalue weighted by molar-refractivity contribution is 5.55. The maximum atomic E-state index is 7.14. The van der Waals surface area contributed by atoms with Crippen molar-refractivity contribution in [3.05, 3.63) is 94.0 Å². The lowest BCUT2D eigenvalue weighted by Crippen LogP contribution is -2.52. The summed E-state index contributed by atoms with van der Waals surface area (Å²) >= 11 is 0. The van der Waals surface area contributed by atoms with Gasteiger partial charge in [0.25, 0.3) is 0 Å². The van der Waals surface area contributed by atoms with Gasteiger partial charge in [0.2, 0.25) is 6.29 Å². The van der Waals surface area contributed by atoms with Crippen LogP contribution in [0.2, 0.25) is 0 Å². The molecule has 43 heavy (non-hydrogen) atoms. The average Bonchev–Trinajstić information content (AvgIpc) is 3.19. The van der Waals surface area contributed by atoms with Gasteiger partial charge in [-0.25, -0.2) is 0 Å². The highest BCUT2D eigenvalue weighted by Gasteiger charge is 2.52. The Balaban J connectivity index is 1.28. The molecule has 0 saturated heterocycles. The zero-order valence-electron chi connectivity index (χ0n) is 26.9. The van der Waals surface area contributed by atoms with Crippen LogP contribution in [-0.4, -0.2) is 19.0 Å². The van der Waals surface area contributed by atoms with Crippen LogP contribution in [0.4, 0.5) is 0 Å². The van der Waals surface area contributed by atoms with Crippen LogP contribution in [0.25, 0.3) is 0 Å². The molecule has 0 aromatic heterocycles. The molecule has 0 radical (unpaired) electrons. The highest BCUT2D eigenvalue weighted by atomic mass is 17.2. The summed E-state index contributed by atoms with van der Waals surface area (Å²) in [7, 11) is 0. The Kier molecular flexibility index (Phi) is 8.89. The second-order valence-corrected chi connectivity index (χ2v) is 14.3. The molecule has 4 heteroatoms. The van der Waals surface area contributed by atoms with Crippen molar-refractivity contribution in [2.24, 2.45) is 10.8 Å². The first-order valence-electron chi connectivity index (χ1n) is 16.7. The first-order valence-corrected chi connectivity index (χ1v) is 16.7. The number of ether oxygens (including phenoxy) is 2. The summed E-state index contributed by atoms with van der Waals surface area (Å²) < 4.78 is 14.2. The number of hydrogen-bond acceptors (Lipinski definition) is 4. The van der Waals surface area contributed by atoms with Gasteiger partial charge in [0.1, 0.15) is 12.4 Å². The fourth-order valence-electron chi connectivity index (χ4n) is 7.23. The Morgan fingerprint density at radius 2 is 1.63 bits per heavy atom. The molecule has 3 aliphatic rings. The van der Waals surface area contributed by atoms with E-state index in [1.165, 1.54) is 65.5 Å². The predicted molar refractivity (Wildman–Crippen MR) is 173 cm³/mol. The third kappa shape index (κ3) is 6.11. The van der Waals surface area contributed by atoms with Gasteiger partial charge in [0.05, 0.1) is 11.5 Å². The van der Waals surface area contributed by atoms with Crippen LogP contribution in [0, 0.1) is 10.8 Å². The molecule has 1 unspecified atom stereocenters. The number of hydrogen-bond donors (Lipinski definition) is 0. The lowest BCUT2D eigenvalue weighted by molar-refractivity contribution is -0.285. The molecule has 3 aromatic carbocycles. The van der Waals surface area contributed by atoms with Crippen molar-refractivity contribution in [2.75, 3.05) is 6.61 Å². The van der Waals surface area contributed by atoms with Gasteiger partial charge in [0.15, 0.2) is 5.75 Å². The lowest BCUT2D eigenvalue weighted by atomic mass is 9.67. The molecule has 0 amide bonds. The van der Waals surface area contributed by atoms with E-state index in [0.29, 0.717) is 6.61 Å². The fraction of sp³-hybridized carbons (Fsp3) is 0.538. The van der Waals surface area contributed by atoms with E-state index in [0.717, 1.165) is 43.6 Å². The Bertz CT molecular complexity index is 1390. The molecule has 0 fully saturated rings. The molecule has 0 N–H and O–H groups in total. The quantitative estimate of drug-likeness (QED) is 0.143. The maximum absolute atomic E-state index is 7.14. The van der Waals surface area contributed by atoms with Crippen molar-refractivity contribution in [2.45, 2.75) is 117 Å². The summed E-state index contributed by atoms with van der Waals surface area (Å²) in [5.74, 6) is 1.87. The Labute approximate surface area is 259 Å². The van der Waals surface area contributed by atoms with E-state index in [1.807, 2.05) is 12.1 Å². The third-order valence-corrected chi connectivity index (χ3v) is 10.6. The lowest BCUT2D eigenvalue weighted by Gasteiger charge is -2.46. The van der Waals surface area contributed by atoms with E-state index in [-0.39, 0.29) is 17.4 Å². The van der Waals surface area contributed by atoms with Crippen molar-refractivity contribution in [3.8, 4) is 11.5 Å². The van der Waals surface area contributed by atoms with Gasteiger partial charge in [-0.1, -0.05) is 89.9 Å². The summed E-state index contributed by atoms with van der Waals surface area (Å²) in [4.78, 5) is 11.9. The Morgan fingerprint density at radius 1 is 0.837 bits per heavy atom. The van der Waals surface area contributed by atoms with Crippen LogP contribution >= 0.6 is 0 Å². The molecule has 4 atom stereocenters. The Morgan fingerprint density at radius 3 is 2.42 bits per heavy atom. The third-order valence-electron chi connectivity index (χ3n) is 10.6. The molecule has 2 aliphatic carbocycles. The molecular weight excluding hydrogens is 532 g/mol. The molecule has 3 aromatic rings. The van der Waals surface area contributed by atoms with Gasteiger partial charge in [-0.15, -0.1) is 0 Å². The minimum absolute atomic E-state index is 0.0393. The van der Waals surface area contributed by atoms with Crippen molar-refractivity contribution in [1.29, 1.82) is 0 Å². The largest absolute Gasteiger partial charge is 0.464 e.